The van der Waals surface area contributed by atoms with Crippen LogP contribution in [0, 0.1) is 0 Å². The van der Waals surface area contributed by atoms with Crippen molar-refractivity contribution in [1.82, 2.24) is 4.90 Å². The first-order chi connectivity index (χ1) is 10.2. The molecule has 112 valence electrons. The van der Waals surface area contributed by atoms with Gasteiger partial charge < -0.3 is 10.2 Å². The molecule has 0 spiro atoms. The van der Waals surface area contributed by atoms with Crippen LogP contribution >= 0.6 is 23.5 Å². The van der Waals surface area contributed by atoms with Crippen LogP contribution in [-0.2, 0) is 4.79 Å². The largest absolute Gasteiger partial charge is 0.326 e. The number of amides is 2. The summed E-state index contributed by atoms with van der Waals surface area (Å²) in [5.41, 5.74) is 1.43. The number of thioether (sulfide) groups is 2. The number of rotatable bonds is 3. The molecule has 3 rings (SSSR count). The van der Waals surface area contributed by atoms with E-state index in [1.54, 1.807) is 0 Å². The summed E-state index contributed by atoms with van der Waals surface area (Å²) in [5, 5.41) is 3.14. The summed E-state index contributed by atoms with van der Waals surface area (Å²) in [6, 6.07) is 5.62. The van der Waals surface area contributed by atoms with E-state index in [1.807, 2.05) is 34.9 Å². The molecule has 0 bridgehead atoms. The number of benzene rings is 1. The van der Waals surface area contributed by atoms with Gasteiger partial charge in [0.15, 0.2) is 0 Å². The maximum atomic E-state index is 12.7. The second-order valence-electron chi connectivity index (χ2n) is 5.16. The monoisotopic (exact) mass is 322 g/mol. The van der Waals surface area contributed by atoms with Crippen LogP contribution in [-0.4, -0.2) is 40.1 Å². The molecule has 0 aromatic heterocycles. The first kappa shape index (κ1) is 14.8. The number of hydrogen-bond acceptors (Lipinski definition) is 4. The van der Waals surface area contributed by atoms with Gasteiger partial charge in [-0.15, -0.1) is 23.5 Å². The quantitative estimate of drug-likeness (QED) is 0.929. The van der Waals surface area contributed by atoms with Crippen molar-refractivity contribution in [3.05, 3.63) is 23.8 Å². The number of anilines is 1. The Hall–Kier alpha value is -1.14. The molecule has 21 heavy (non-hydrogen) atoms. The second-order valence-corrected chi connectivity index (χ2v) is 7.46. The molecule has 2 heterocycles. The third-order valence-electron chi connectivity index (χ3n) is 3.65. The van der Waals surface area contributed by atoms with Gasteiger partial charge in [0.2, 0.25) is 5.91 Å². The molecule has 1 aromatic rings. The topological polar surface area (TPSA) is 49.4 Å². The van der Waals surface area contributed by atoms with Gasteiger partial charge in [-0.3, -0.25) is 9.59 Å². The van der Waals surface area contributed by atoms with Crippen molar-refractivity contribution in [1.29, 1.82) is 0 Å². The first-order valence-electron chi connectivity index (χ1n) is 7.18. The van der Waals surface area contributed by atoms with E-state index < -0.39 is 0 Å². The van der Waals surface area contributed by atoms with Crippen molar-refractivity contribution in [3.63, 3.8) is 0 Å². The van der Waals surface area contributed by atoms with Crippen molar-refractivity contribution in [2.45, 2.75) is 30.0 Å². The van der Waals surface area contributed by atoms with Crippen LogP contribution in [0.1, 0.15) is 30.1 Å². The summed E-state index contributed by atoms with van der Waals surface area (Å²) in [7, 11) is 0. The van der Waals surface area contributed by atoms with Gasteiger partial charge in [0.05, 0.1) is 16.8 Å². The maximum absolute atomic E-state index is 12.7. The van der Waals surface area contributed by atoms with Crippen LogP contribution in [0.3, 0.4) is 0 Å². The molecule has 0 unspecified atom stereocenters. The van der Waals surface area contributed by atoms with E-state index in [0.717, 1.165) is 35.7 Å². The lowest BCUT2D eigenvalue weighted by Crippen LogP contribution is -2.34. The number of hydrogen-bond donors (Lipinski definition) is 1. The highest BCUT2D eigenvalue weighted by Crippen LogP contribution is 2.34. The van der Waals surface area contributed by atoms with E-state index in [1.165, 1.54) is 11.8 Å². The molecule has 6 heteroatoms. The molecule has 0 saturated carbocycles. The molecule has 2 amide bonds. The van der Waals surface area contributed by atoms with Gasteiger partial charge in [-0.05, 0) is 24.6 Å². The molecule has 1 saturated heterocycles. The molecular weight excluding hydrogens is 304 g/mol. The lowest BCUT2D eigenvalue weighted by molar-refractivity contribution is -0.113. The molecule has 0 radical (unpaired) electrons. The van der Waals surface area contributed by atoms with Gasteiger partial charge in [-0.1, -0.05) is 13.3 Å². The summed E-state index contributed by atoms with van der Waals surface area (Å²) < 4.78 is 0. The fraction of sp³-hybridized carbons (Fsp3) is 0.467. The maximum Gasteiger partial charge on any atom is 0.254 e. The van der Waals surface area contributed by atoms with Gasteiger partial charge in [0.1, 0.15) is 0 Å². The standard InChI is InChI=1S/C15H18N2O2S2/c1-2-3-14-17(6-7-20-14)15(19)10-4-5-12-11(8-10)16-13(18)9-21-12/h4-5,8,14H,2-3,6-7,9H2,1H3,(H,16,18)/t14-/m0/s1. The zero-order valence-electron chi connectivity index (χ0n) is 11.9. The van der Waals surface area contributed by atoms with Crippen LogP contribution in [0.15, 0.2) is 23.1 Å². The van der Waals surface area contributed by atoms with Gasteiger partial charge in [0, 0.05) is 22.8 Å². The molecule has 1 atom stereocenters. The zero-order valence-corrected chi connectivity index (χ0v) is 13.6. The minimum atomic E-state index is -0.00214. The molecule has 1 aromatic carbocycles. The smallest absolute Gasteiger partial charge is 0.254 e. The van der Waals surface area contributed by atoms with Crippen LogP contribution in [0.5, 0.6) is 0 Å². The molecule has 2 aliphatic heterocycles. The average Bonchev–Trinajstić information content (AvgIpc) is 2.94. The van der Waals surface area contributed by atoms with Crippen LogP contribution < -0.4 is 5.32 Å². The summed E-state index contributed by atoms with van der Waals surface area (Å²) in [4.78, 5) is 27.2. The predicted molar refractivity (Wildman–Crippen MR) is 88.0 cm³/mol. The third-order valence-corrected chi connectivity index (χ3v) is 6.01. The zero-order chi connectivity index (χ0) is 14.8. The average molecular weight is 322 g/mol. The molecular formula is C15H18N2O2S2. The number of carbonyl (C=O) groups is 2. The van der Waals surface area contributed by atoms with Gasteiger partial charge >= 0.3 is 0 Å². The lowest BCUT2D eigenvalue weighted by atomic mass is 10.1. The van der Waals surface area contributed by atoms with Gasteiger partial charge in [0.25, 0.3) is 5.91 Å². The highest BCUT2D eigenvalue weighted by molar-refractivity contribution is 8.00. The number of nitrogens with zero attached hydrogens (tertiary/aromatic N) is 1. The second kappa shape index (κ2) is 6.32. The van der Waals surface area contributed by atoms with E-state index in [0.29, 0.717) is 16.7 Å². The summed E-state index contributed by atoms with van der Waals surface area (Å²) in [5.74, 6) is 1.53. The Labute approximate surface area is 133 Å². The van der Waals surface area contributed by atoms with E-state index in [4.69, 9.17) is 0 Å². The fourth-order valence-corrected chi connectivity index (χ4v) is 4.77. The highest BCUT2D eigenvalue weighted by Gasteiger charge is 2.29. The Kier molecular flexibility index (Phi) is 4.45. The Morgan fingerprint density at radius 1 is 1.48 bits per heavy atom. The van der Waals surface area contributed by atoms with E-state index in [-0.39, 0.29) is 11.8 Å². The summed E-state index contributed by atoms with van der Waals surface area (Å²) >= 11 is 3.38. The Balaban J connectivity index is 1.81. The minimum absolute atomic E-state index is 0.00214. The summed E-state index contributed by atoms with van der Waals surface area (Å²) in [6.07, 6.45) is 2.12. The number of carbonyl (C=O) groups excluding carboxylic acids is 2. The summed E-state index contributed by atoms with van der Waals surface area (Å²) in [6.45, 7) is 2.96. The van der Waals surface area contributed by atoms with Crippen molar-refractivity contribution in [2.75, 3.05) is 23.4 Å². The van der Waals surface area contributed by atoms with E-state index in [9.17, 15) is 9.59 Å². The SMILES string of the molecule is CCC[C@@H]1SCCN1C(=O)c1ccc2c(c1)NC(=O)CS2. The predicted octanol–water partition coefficient (Wildman–Crippen LogP) is 3.05. The molecule has 1 N–H and O–H groups in total. The third kappa shape index (κ3) is 3.06. The van der Waals surface area contributed by atoms with Crippen molar-refractivity contribution in [3.8, 4) is 0 Å². The number of nitrogens with one attached hydrogen (secondary N) is 1. The molecule has 1 fully saturated rings. The van der Waals surface area contributed by atoms with Gasteiger partial charge in [-0.25, -0.2) is 0 Å². The highest BCUT2D eigenvalue weighted by atomic mass is 32.2. The Morgan fingerprint density at radius 3 is 3.14 bits per heavy atom. The van der Waals surface area contributed by atoms with E-state index in [2.05, 4.69) is 12.2 Å². The molecule has 2 aliphatic rings. The van der Waals surface area contributed by atoms with Crippen molar-refractivity contribution < 1.29 is 9.59 Å². The lowest BCUT2D eigenvalue weighted by Gasteiger charge is -2.24. The van der Waals surface area contributed by atoms with Crippen molar-refractivity contribution >= 4 is 41.0 Å². The normalized spacial score (nSPS) is 21.1. The fourth-order valence-electron chi connectivity index (χ4n) is 2.62. The van der Waals surface area contributed by atoms with E-state index >= 15 is 0 Å². The van der Waals surface area contributed by atoms with Crippen LogP contribution in [0.2, 0.25) is 0 Å². The first-order valence-corrected chi connectivity index (χ1v) is 9.21. The molecule has 0 aliphatic carbocycles. The van der Waals surface area contributed by atoms with Crippen molar-refractivity contribution in [2.24, 2.45) is 0 Å². The number of fused-ring (bicyclic) bond motifs is 1. The van der Waals surface area contributed by atoms with Crippen LogP contribution in [0.25, 0.3) is 0 Å². The Morgan fingerprint density at radius 2 is 2.33 bits per heavy atom. The minimum Gasteiger partial charge on any atom is -0.326 e. The van der Waals surface area contributed by atoms with Gasteiger partial charge in [-0.2, -0.15) is 0 Å². The van der Waals surface area contributed by atoms with Crippen LogP contribution in [0.4, 0.5) is 5.69 Å². The molecule has 4 nitrogen and oxygen atoms in total. The Bertz CT molecular complexity index is 577.